The topological polar surface area (TPSA) is 42.2 Å². The number of benzene rings is 1. The highest BCUT2D eigenvalue weighted by molar-refractivity contribution is 7.71. The first kappa shape index (κ1) is 18.7. The van der Waals surface area contributed by atoms with E-state index in [0.717, 1.165) is 17.7 Å². The van der Waals surface area contributed by atoms with Crippen molar-refractivity contribution in [3.63, 3.8) is 0 Å². The predicted molar refractivity (Wildman–Crippen MR) is 100 cm³/mol. The van der Waals surface area contributed by atoms with Crippen molar-refractivity contribution in [2.75, 3.05) is 20.1 Å². The molecule has 1 amide bonds. The molecule has 0 unspecified atom stereocenters. The molecule has 24 heavy (non-hydrogen) atoms. The average Bonchev–Trinajstić information content (AvgIpc) is 2.89. The molecule has 0 aliphatic heterocycles. The number of carbonyl (C=O) groups excluding carboxylic acids is 1. The third-order valence-corrected chi connectivity index (χ3v) is 4.57. The standard InChI is InChI=1S/C17H23ClN4OS/c1-4-8-19-16(23)11-20(3)12-21-9-10-22(17(21)24)15-7-5-6-14(18)13(15)2/h5-7,9-10H,4,8,11-12H2,1-3H3,(H,19,23). The monoisotopic (exact) mass is 366 g/mol. The highest BCUT2D eigenvalue weighted by Gasteiger charge is 2.10. The SMILES string of the molecule is CCCNC(=O)CN(C)Cn1ccn(-c2cccc(Cl)c2C)c1=S. The van der Waals surface area contributed by atoms with Crippen molar-refractivity contribution in [1.29, 1.82) is 0 Å². The van der Waals surface area contributed by atoms with Crippen molar-refractivity contribution in [3.05, 3.63) is 45.9 Å². The molecule has 2 rings (SSSR count). The number of amides is 1. The zero-order valence-corrected chi connectivity index (χ0v) is 15.8. The summed E-state index contributed by atoms with van der Waals surface area (Å²) in [5.41, 5.74) is 1.95. The van der Waals surface area contributed by atoms with E-state index in [0.29, 0.717) is 29.6 Å². The predicted octanol–water partition coefficient (Wildman–Crippen LogP) is 3.39. The fourth-order valence-corrected chi connectivity index (χ4v) is 2.88. The second-order valence-corrected chi connectivity index (χ2v) is 6.58. The second kappa shape index (κ2) is 8.46. The Morgan fingerprint density at radius 2 is 2.12 bits per heavy atom. The summed E-state index contributed by atoms with van der Waals surface area (Å²) in [4.78, 5) is 13.7. The van der Waals surface area contributed by atoms with E-state index >= 15 is 0 Å². The van der Waals surface area contributed by atoms with Gasteiger partial charge in [-0.05, 0) is 50.3 Å². The maximum Gasteiger partial charge on any atom is 0.234 e. The maximum absolute atomic E-state index is 11.8. The van der Waals surface area contributed by atoms with Crippen molar-refractivity contribution < 1.29 is 4.79 Å². The largest absolute Gasteiger partial charge is 0.355 e. The van der Waals surface area contributed by atoms with Gasteiger partial charge in [-0.2, -0.15) is 0 Å². The smallest absolute Gasteiger partial charge is 0.234 e. The van der Waals surface area contributed by atoms with Crippen molar-refractivity contribution >= 4 is 29.7 Å². The van der Waals surface area contributed by atoms with E-state index in [9.17, 15) is 4.79 Å². The van der Waals surface area contributed by atoms with Gasteiger partial charge in [-0.1, -0.05) is 24.6 Å². The summed E-state index contributed by atoms with van der Waals surface area (Å²) >= 11 is 11.8. The number of nitrogens with one attached hydrogen (secondary N) is 1. The zero-order chi connectivity index (χ0) is 17.7. The molecule has 1 N–H and O–H groups in total. The Labute approximate surface area is 152 Å². The third kappa shape index (κ3) is 4.47. The van der Waals surface area contributed by atoms with Crippen LogP contribution >= 0.6 is 23.8 Å². The molecular weight excluding hydrogens is 344 g/mol. The molecule has 0 saturated heterocycles. The molecule has 1 heterocycles. The Balaban J connectivity index is 2.11. The molecule has 1 aromatic carbocycles. The fourth-order valence-electron chi connectivity index (χ4n) is 2.44. The number of likely N-dealkylation sites (N-methyl/N-ethyl adjacent to an activating group) is 1. The van der Waals surface area contributed by atoms with Crippen LogP contribution in [0.3, 0.4) is 0 Å². The van der Waals surface area contributed by atoms with E-state index in [2.05, 4.69) is 5.32 Å². The van der Waals surface area contributed by atoms with Crippen LogP contribution < -0.4 is 5.32 Å². The van der Waals surface area contributed by atoms with Crippen LogP contribution in [0.1, 0.15) is 18.9 Å². The Hall–Kier alpha value is -1.63. The molecule has 0 bridgehead atoms. The van der Waals surface area contributed by atoms with Gasteiger partial charge in [0.25, 0.3) is 0 Å². The van der Waals surface area contributed by atoms with Crippen LogP contribution in [0.5, 0.6) is 0 Å². The average molecular weight is 367 g/mol. The first-order valence-electron chi connectivity index (χ1n) is 7.92. The molecule has 130 valence electrons. The first-order valence-corrected chi connectivity index (χ1v) is 8.71. The highest BCUT2D eigenvalue weighted by Crippen LogP contribution is 2.22. The number of nitrogens with zero attached hydrogens (tertiary/aromatic N) is 3. The van der Waals surface area contributed by atoms with Gasteiger partial charge in [0.2, 0.25) is 5.91 Å². The lowest BCUT2D eigenvalue weighted by Crippen LogP contribution is -2.36. The van der Waals surface area contributed by atoms with Gasteiger partial charge >= 0.3 is 0 Å². The summed E-state index contributed by atoms with van der Waals surface area (Å²) in [5.74, 6) is 0.0241. The Kier molecular flexibility index (Phi) is 6.60. The normalized spacial score (nSPS) is 11.0. The molecule has 5 nitrogen and oxygen atoms in total. The zero-order valence-electron chi connectivity index (χ0n) is 14.3. The minimum Gasteiger partial charge on any atom is -0.355 e. The molecule has 0 saturated carbocycles. The first-order chi connectivity index (χ1) is 11.4. The van der Waals surface area contributed by atoms with Crippen molar-refractivity contribution in [3.8, 4) is 5.69 Å². The van der Waals surface area contributed by atoms with E-state index in [-0.39, 0.29) is 5.91 Å². The molecule has 1 aromatic heterocycles. The van der Waals surface area contributed by atoms with Crippen molar-refractivity contribution in [1.82, 2.24) is 19.4 Å². The Morgan fingerprint density at radius 3 is 2.83 bits per heavy atom. The van der Waals surface area contributed by atoms with Crippen LogP contribution in [-0.2, 0) is 11.5 Å². The van der Waals surface area contributed by atoms with Gasteiger partial charge in [-0.15, -0.1) is 0 Å². The van der Waals surface area contributed by atoms with Gasteiger partial charge in [0.1, 0.15) is 0 Å². The minimum absolute atomic E-state index is 0.0241. The Morgan fingerprint density at radius 1 is 1.38 bits per heavy atom. The number of aromatic nitrogens is 2. The lowest BCUT2D eigenvalue weighted by Gasteiger charge is -2.17. The fraction of sp³-hybridized carbons (Fsp3) is 0.412. The number of rotatable bonds is 7. The molecular formula is C17H23ClN4OS. The summed E-state index contributed by atoms with van der Waals surface area (Å²) in [5, 5.41) is 3.59. The number of hydrogen-bond acceptors (Lipinski definition) is 3. The van der Waals surface area contributed by atoms with Crippen molar-refractivity contribution in [2.45, 2.75) is 26.9 Å². The molecule has 0 fully saturated rings. The van der Waals surface area contributed by atoms with E-state index in [1.807, 2.05) is 65.5 Å². The lowest BCUT2D eigenvalue weighted by molar-refractivity contribution is -0.122. The third-order valence-electron chi connectivity index (χ3n) is 3.73. The van der Waals surface area contributed by atoms with Crippen LogP contribution in [0.4, 0.5) is 0 Å². The summed E-state index contributed by atoms with van der Waals surface area (Å²) in [6.07, 6.45) is 4.78. The molecule has 0 atom stereocenters. The van der Waals surface area contributed by atoms with Crippen LogP contribution in [-0.4, -0.2) is 40.1 Å². The number of halogens is 1. The van der Waals surface area contributed by atoms with E-state index in [4.69, 9.17) is 23.8 Å². The van der Waals surface area contributed by atoms with Gasteiger partial charge in [-0.25, -0.2) is 0 Å². The van der Waals surface area contributed by atoms with Gasteiger partial charge in [0.05, 0.1) is 18.9 Å². The van der Waals surface area contributed by atoms with E-state index < -0.39 is 0 Å². The van der Waals surface area contributed by atoms with E-state index in [1.54, 1.807) is 0 Å². The molecule has 0 radical (unpaired) electrons. The van der Waals surface area contributed by atoms with Crippen LogP contribution in [0.15, 0.2) is 30.6 Å². The molecule has 2 aromatic rings. The molecule has 0 aliphatic carbocycles. The minimum atomic E-state index is 0.0241. The number of hydrogen-bond donors (Lipinski definition) is 1. The molecule has 7 heteroatoms. The van der Waals surface area contributed by atoms with Gasteiger partial charge in [0.15, 0.2) is 4.77 Å². The molecule has 0 spiro atoms. The lowest BCUT2D eigenvalue weighted by atomic mass is 10.2. The summed E-state index contributed by atoms with van der Waals surface area (Å²) < 4.78 is 4.53. The van der Waals surface area contributed by atoms with Crippen LogP contribution in [0.25, 0.3) is 5.69 Å². The second-order valence-electron chi connectivity index (χ2n) is 5.81. The molecule has 0 aliphatic rings. The maximum atomic E-state index is 11.8. The number of imidazole rings is 1. The summed E-state index contributed by atoms with van der Waals surface area (Å²) in [6.45, 7) is 5.59. The van der Waals surface area contributed by atoms with Crippen LogP contribution in [0.2, 0.25) is 5.02 Å². The highest BCUT2D eigenvalue weighted by atomic mass is 35.5. The van der Waals surface area contributed by atoms with Gasteiger partial charge in [0, 0.05) is 24.0 Å². The van der Waals surface area contributed by atoms with Crippen molar-refractivity contribution in [2.24, 2.45) is 0 Å². The quantitative estimate of drug-likeness (QED) is 0.764. The van der Waals surface area contributed by atoms with Crippen LogP contribution in [0, 0.1) is 11.7 Å². The summed E-state index contributed by atoms with van der Waals surface area (Å²) in [6, 6.07) is 5.76. The summed E-state index contributed by atoms with van der Waals surface area (Å²) in [7, 11) is 1.90. The van der Waals surface area contributed by atoms with Gasteiger partial charge in [-0.3, -0.25) is 14.3 Å². The van der Waals surface area contributed by atoms with E-state index in [1.165, 1.54) is 0 Å². The number of carbonyl (C=O) groups is 1. The Bertz CT molecular complexity index is 768. The van der Waals surface area contributed by atoms with Gasteiger partial charge < -0.3 is 9.88 Å².